The predicted octanol–water partition coefficient (Wildman–Crippen LogP) is 24.0. The molecule has 12 rings (SSSR count). The molecule has 0 atom stereocenters. The van der Waals surface area contributed by atoms with Crippen molar-refractivity contribution in [1.29, 1.82) is 0 Å². The van der Waals surface area contributed by atoms with Crippen molar-refractivity contribution in [2.45, 2.75) is 95.7 Å². The summed E-state index contributed by atoms with van der Waals surface area (Å²) in [7, 11) is -18.5. The van der Waals surface area contributed by atoms with E-state index in [2.05, 4.69) is 83.0 Å². The summed E-state index contributed by atoms with van der Waals surface area (Å²) >= 11 is 0. The first-order valence-electron chi connectivity index (χ1n) is 38.9. The van der Waals surface area contributed by atoms with E-state index in [1.165, 1.54) is 74.5 Å². The molecule has 142 heavy (non-hydrogen) atoms. The topological polar surface area (TPSA) is 592 Å². The summed E-state index contributed by atoms with van der Waals surface area (Å²) in [5, 5.41) is 99.9. The smallest absolute Gasteiger partial charge is 0.571 e. The SMILES string of the molecule is C=O.Cc1ccc(C=O)c(N=N/C(=N\[N-]c2cc(S(=O)(=O)O)cc(C)c2O)c2ccccc2S(=O)(=O)O)c1.Cc1ccc(N=N/C(=N\[N-]c2cc(S(=O)(=O)O)cc(C)c2O)c2ccccc2)c(C=O)c1.Cc1ccc([N-]/N=C(\N=Nc2cc(C)cc(C)c2C=O)c2ccccc2C)c(O)c1.Cc1ccc([N-]/N=C(\N=Nc2cc(C)cc(C)c2O)c2ccccc2S(=O)(=O)O)c(O)c1.FF.FF.FF.[Cu+].[Cu+].[Cu+].[Cu+]. The van der Waals surface area contributed by atoms with Crippen molar-refractivity contribution < 1.29 is 192 Å². The molecule has 0 aliphatic heterocycles. The molecule has 51 heteroatoms. The van der Waals surface area contributed by atoms with E-state index in [1.54, 1.807) is 118 Å². The Balaban J connectivity index is 0.000000917. The van der Waals surface area contributed by atoms with Crippen LogP contribution in [-0.4, -0.2) is 126 Å². The number of aromatic hydroxyl groups is 5. The fourth-order valence-corrected chi connectivity index (χ4v) is 14.3. The molecule has 9 N–H and O–H groups in total. The van der Waals surface area contributed by atoms with Gasteiger partial charge in [0.15, 0.2) is 42.2 Å². The first-order valence-corrected chi connectivity index (χ1v) is 44.7. The number of nitrogens with zero attached hydrogens (tertiary/aromatic N) is 16. The molecule has 0 saturated heterocycles. The van der Waals surface area contributed by atoms with Crippen molar-refractivity contribution >= 4 is 135 Å². The molecule has 0 aliphatic carbocycles. The van der Waals surface area contributed by atoms with Gasteiger partial charge in [-0.15, -0.1) is 40.9 Å². The van der Waals surface area contributed by atoms with Gasteiger partial charge in [-0.25, -0.2) is 0 Å². The van der Waals surface area contributed by atoms with Gasteiger partial charge in [0, 0.05) is 66.4 Å². The number of rotatable bonds is 23. The quantitative estimate of drug-likeness (QED) is 0.00420. The molecule has 12 aromatic carbocycles. The van der Waals surface area contributed by atoms with Crippen molar-refractivity contribution in [3.05, 3.63) is 346 Å². The summed E-state index contributed by atoms with van der Waals surface area (Å²) in [5.74, 6) is -1.32. The van der Waals surface area contributed by atoms with Crippen LogP contribution < -0.4 is 0 Å². The van der Waals surface area contributed by atoms with E-state index in [0.717, 1.165) is 86.7 Å². The van der Waals surface area contributed by atoms with E-state index in [-0.39, 0.29) is 165 Å². The number of aryl methyl sites for hydroxylation is 11. The minimum atomic E-state index is -4.75. The molecule has 0 aliphatic rings. The minimum Gasteiger partial charge on any atom is -0.571 e. The largest absolute Gasteiger partial charge is 1.00 e. The van der Waals surface area contributed by atoms with E-state index >= 15 is 0 Å². The number of carbonyl (C=O) groups excluding carboxylic acids is 4. The van der Waals surface area contributed by atoms with E-state index < -0.39 is 71.6 Å². The summed E-state index contributed by atoms with van der Waals surface area (Å²) in [5.41, 5.74) is 26.7. The van der Waals surface area contributed by atoms with E-state index in [0.29, 0.717) is 51.9 Å². The second kappa shape index (κ2) is 60.1. The van der Waals surface area contributed by atoms with Crippen molar-refractivity contribution in [2.75, 3.05) is 0 Å². The van der Waals surface area contributed by atoms with E-state index in [1.807, 2.05) is 84.7 Å². The molecule has 37 nitrogen and oxygen atoms in total. The normalized spacial score (nSPS) is 11.3. The van der Waals surface area contributed by atoms with Crippen LogP contribution in [0.3, 0.4) is 0 Å². The van der Waals surface area contributed by atoms with Crippen LogP contribution in [0.4, 0.5) is 72.9 Å². The maximum Gasteiger partial charge on any atom is 1.00 e. The van der Waals surface area contributed by atoms with Crippen LogP contribution >= 0.6 is 0 Å². The molecule has 0 fully saturated rings. The average Bonchev–Trinajstić information content (AvgIpc) is 0.796. The Morgan fingerprint density at radius 1 is 0.296 bits per heavy atom. The van der Waals surface area contributed by atoms with E-state index in [9.17, 15) is 91.8 Å². The van der Waals surface area contributed by atoms with Gasteiger partial charge in [-0.1, -0.05) is 168 Å². The fourth-order valence-electron chi connectivity index (χ4n) is 11.7. The molecule has 0 saturated carbocycles. The third-order valence-corrected chi connectivity index (χ3v) is 21.8. The number of azo groups is 4. The summed E-state index contributed by atoms with van der Waals surface area (Å²) in [6.07, 6.45) is 2.00. The number of amidine groups is 4. The first-order chi connectivity index (χ1) is 65.4. The summed E-state index contributed by atoms with van der Waals surface area (Å²) in [6, 6.07) is 57.8. The molecule has 0 amide bonds. The van der Waals surface area contributed by atoms with Crippen LogP contribution in [0.15, 0.2) is 305 Å². The summed E-state index contributed by atoms with van der Waals surface area (Å²) in [6.45, 7) is 21.4. The zero-order valence-corrected chi connectivity index (χ0v) is 82.5. The van der Waals surface area contributed by atoms with Gasteiger partial charge in [0.05, 0.1) is 26.9 Å². The third-order valence-electron chi connectivity index (χ3n) is 18.3. The van der Waals surface area contributed by atoms with Gasteiger partial charge < -0.3 is 72.4 Å². The Kier molecular flexibility index (Phi) is 53.3. The summed E-state index contributed by atoms with van der Waals surface area (Å²) in [4.78, 5) is 40.2. The van der Waals surface area contributed by atoms with Gasteiger partial charge in [-0.3, -0.25) is 32.6 Å². The Morgan fingerprint density at radius 2 is 0.634 bits per heavy atom. The number of hydrogen-bond donors (Lipinski definition) is 9. The molecule has 764 valence electrons. The Bertz CT molecular complexity index is 7180. The van der Waals surface area contributed by atoms with Crippen molar-refractivity contribution in [3.63, 3.8) is 0 Å². The van der Waals surface area contributed by atoms with Crippen LogP contribution in [0.1, 0.15) is 115 Å². The minimum absolute atomic E-state index is 0. The summed E-state index contributed by atoms with van der Waals surface area (Å²) < 4.78 is 180. The van der Waals surface area contributed by atoms with Crippen molar-refractivity contribution in [2.24, 2.45) is 61.3 Å². The van der Waals surface area contributed by atoms with Crippen LogP contribution in [0, 0.1) is 76.2 Å². The number of carbonyl (C=O) groups is 4. The van der Waals surface area contributed by atoms with Gasteiger partial charge in [0.1, 0.15) is 51.0 Å². The Labute approximate surface area is 853 Å². The molecule has 0 spiro atoms. The van der Waals surface area contributed by atoms with Crippen LogP contribution in [0.25, 0.3) is 21.7 Å². The van der Waals surface area contributed by atoms with Gasteiger partial charge >= 0.3 is 68.3 Å². The molecule has 0 radical (unpaired) electrons. The zero-order chi connectivity index (χ0) is 103. The third kappa shape index (κ3) is 37.5. The molecule has 0 unspecified atom stereocenters. The molecular weight excluding hydrogens is 2150 g/mol. The van der Waals surface area contributed by atoms with Crippen LogP contribution in [-0.2, 0) is 114 Å². The Morgan fingerprint density at radius 3 is 1.06 bits per heavy atom. The zero-order valence-electron chi connectivity index (χ0n) is 75.5. The van der Waals surface area contributed by atoms with E-state index in [4.69, 9.17) is 32.2 Å². The molecule has 0 heterocycles. The van der Waals surface area contributed by atoms with Crippen LogP contribution in [0.5, 0.6) is 28.7 Å². The number of hydrogen-bond acceptors (Lipinski definition) is 25. The predicted molar refractivity (Wildman–Crippen MR) is 503 cm³/mol. The standard InChI is InChI=1S/C24H24N4O2.C22H20N4O8S2.C22H21N4O5S.C22H20N4O5S.CH2O.4Cu.3F2/c1-15-9-10-21(23(30)13-15)25-27-24(19-8-6-5-7-17(19)3)28-26-22-12-16(2)11-18(4)20(22)14-29;1-13-7-8-15(12-27)18(9-13)23-25-22(17-5-3-4-6-20(17)36(32,33)34)26-24-19-11-16(35(29,30)31)10-14(2)21(19)28;1-13-8-9-17(19(27)12-13)23-25-22(16-6-4-5-7-20(16)32(29,30)31)26-24-18-11-14(2)10-15(3)21(18)28;1-14-8-9-19(17(10-14)13-27)23-25-22(16-6-4-3-5-7-16)26-24-20-12-18(32(29,30)31)11-15(2)21(20)28;1-2;;;;;3*1-2/h5-14H,1-4H3,(H2,25,26,27,28,29,30);3-12H,1-2H3,(H4,23,24,25,26,27,28,29,30,31,32,33,34);4-12H,1-3H3,(H3-,23,24,25,26,27,28,29,30,31);3-13H,1-2H3,(H3,23,24,25,26,27,28,29,30,31);1H2;;;;;;;/q;;-1;;;4*+1;;;/p-3. The maximum atomic E-state index is 11.9. The van der Waals surface area contributed by atoms with Crippen molar-refractivity contribution in [1.82, 2.24) is 0 Å². The molecule has 0 aromatic heterocycles. The second-order valence-electron chi connectivity index (χ2n) is 28.6. The van der Waals surface area contributed by atoms with Crippen molar-refractivity contribution in [3.8, 4) is 28.7 Å². The maximum absolute atomic E-state index is 11.9. The number of aldehydes is 3. The van der Waals surface area contributed by atoms with Gasteiger partial charge in [-0.2, -0.15) is 33.7 Å². The van der Waals surface area contributed by atoms with Crippen LogP contribution in [0.2, 0.25) is 0 Å². The molecular formula is C91H84Cu4F6N16O21S4. The van der Waals surface area contributed by atoms with Gasteiger partial charge in [0.2, 0.25) is 0 Å². The number of phenols is 5. The first kappa shape index (κ1) is 126. The monoisotopic (exact) mass is 2230 g/mol. The number of benzene rings is 12. The average molecular weight is 2230 g/mol. The van der Waals surface area contributed by atoms with Gasteiger partial charge in [-0.05, 0) is 217 Å². The fraction of sp³-hybridized carbons (Fsp3) is 0.121. The number of phenolic OH excluding ortho intramolecular Hbond substituents is 5. The number of halogens is 6. The molecule has 12 aromatic rings. The Hall–Kier alpha value is -14.1. The van der Waals surface area contributed by atoms with Gasteiger partial charge in [0.25, 0.3) is 40.5 Å². The second-order valence-corrected chi connectivity index (χ2v) is 34.2. The molecule has 0 bridgehead atoms.